The van der Waals surface area contributed by atoms with Gasteiger partial charge in [0.2, 0.25) is 0 Å². The van der Waals surface area contributed by atoms with Crippen molar-refractivity contribution in [1.29, 1.82) is 5.26 Å². The molecule has 19 heavy (non-hydrogen) atoms. The molecule has 0 aliphatic heterocycles. The highest BCUT2D eigenvalue weighted by Gasteiger charge is 2.10. The number of aromatic nitrogens is 2. The zero-order valence-electron chi connectivity index (χ0n) is 11.5. The van der Waals surface area contributed by atoms with Crippen molar-refractivity contribution in [3.05, 3.63) is 24.0 Å². The molecular formula is C15H19N3O. The number of aryl methyl sites for hydroxylation is 1. The first kappa shape index (κ1) is 13.4. The number of benzene rings is 1. The summed E-state index contributed by atoms with van der Waals surface area (Å²) < 4.78 is 7.75. The molecule has 0 saturated heterocycles. The second kappa shape index (κ2) is 6.24. The molecule has 0 aliphatic carbocycles. The molecule has 2 aromatic rings. The van der Waals surface area contributed by atoms with Gasteiger partial charge in [0.25, 0.3) is 0 Å². The molecule has 0 aliphatic rings. The SMILES string of the molecule is CCCOc1ccc2c(c1)nc(CC#N)n2CCC. The minimum absolute atomic E-state index is 0.347. The van der Waals surface area contributed by atoms with Gasteiger partial charge >= 0.3 is 0 Å². The lowest BCUT2D eigenvalue weighted by Gasteiger charge is -2.06. The first-order valence-corrected chi connectivity index (χ1v) is 6.79. The van der Waals surface area contributed by atoms with Crippen molar-refractivity contribution >= 4 is 11.0 Å². The summed E-state index contributed by atoms with van der Waals surface area (Å²) in [5.74, 6) is 1.69. The molecule has 100 valence electrons. The predicted molar refractivity (Wildman–Crippen MR) is 75.1 cm³/mol. The molecular weight excluding hydrogens is 238 g/mol. The molecule has 0 spiro atoms. The largest absolute Gasteiger partial charge is 0.494 e. The van der Waals surface area contributed by atoms with Crippen LogP contribution in [-0.2, 0) is 13.0 Å². The van der Waals surface area contributed by atoms with Crippen LogP contribution in [0.2, 0.25) is 0 Å². The maximum absolute atomic E-state index is 8.88. The van der Waals surface area contributed by atoms with Gasteiger partial charge in [-0.3, -0.25) is 0 Å². The molecule has 4 heteroatoms. The second-order valence-corrected chi connectivity index (χ2v) is 4.51. The Bertz CT molecular complexity index is 595. The summed E-state index contributed by atoms with van der Waals surface area (Å²) in [4.78, 5) is 4.55. The van der Waals surface area contributed by atoms with Gasteiger partial charge in [0.15, 0.2) is 0 Å². The van der Waals surface area contributed by atoms with Crippen LogP contribution in [0.3, 0.4) is 0 Å². The summed E-state index contributed by atoms with van der Waals surface area (Å²) in [5.41, 5.74) is 1.99. The second-order valence-electron chi connectivity index (χ2n) is 4.51. The average Bonchev–Trinajstić information content (AvgIpc) is 2.75. The Morgan fingerprint density at radius 2 is 2.16 bits per heavy atom. The van der Waals surface area contributed by atoms with Gasteiger partial charge in [-0.15, -0.1) is 0 Å². The number of hydrogen-bond acceptors (Lipinski definition) is 3. The lowest BCUT2D eigenvalue weighted by Crippen LogP contribution is -2.02. The highest BCUT2D eigenvalue weighted by molar-refractivity contribution is 5.77. The third-order valence-electron chi connectivity index (χ3n) is 2.96. The molecule has 0 amide bonds. The summed E-state index contributed by atoms with van der Waals surface area (Å²) in [5, 5.41) is 8.88. The van der Waals surface area contributed by atoms with E-state index in [0.717, 1.165) is 42.0 Å². The van der Waals surface area contributed by atoms with Crippen LogP contribution in [-0.4, -0.2) is 16.2 Å². The van der Waals surface area contributed by atoms with E-state index in [1.165, 1.54) is 0 Å². The van der Waals surface area contributed by atoms with E-state index in [4.69, 9.17) is 10.00 Å². The van der Waals surface area contributed by atoms with E-state index in [1.807, 2.05) is 18.2 Å². The number of imidazole rings is 1. The van der Waals surface area contributed by atoms with E-state index in [2.05, 4.69) is 29.5 Å². The summed E-state index contributed by atoms with van der Waals surface area (Å²) in [7, 11) is 0. The Kier molecular flexibility index (Phi) is 4.40. The molecule has 0 bridgehead atoms. The van der Waals surface area contributed by atoms with E-state index in [9.17, 15) is 0 Å². The molecule has 0 fully saturated rings. The van der Waals surface area contributed by atoms with Gasteiger partial charge in [0.05, 0.1) is 30.1 Å². The van der Waals surface area contributed by atoms with Crippen LogP contribution in [0.5, 0.6) is 5.75 Å². The van der Waals surface area contributed by atoms with E-state index in [1.54, 1.807) is 0 Å². The summed E-state index contributed by atoms with van der Waals surface area (Å²) in [6, 6.07) is 8.14. The number of nitrogens with zero attached hydrogens (tertiary/aromatic N) is 3. The molecule has 1 aromatic heterocycles. The Labute approximate surface area is 113 Å². The van der Waals surface area contributed by atoms with Crippen molar-refractivity contribution in [1.82, 2.24) is 9.55 Å². The van der Waals surface area contributed by atoms with Crippen LogP contribution in [0.15, 0.2) is 18.2 Å². The number of rotatable bonds is 6. The highest BCUT2D eigenvalue weighted by atomic mass is 16.5. The number of fused-ring (bicyclic) bond motifs is 1. The van der Waals surface area contributed by atoms with Crippen molar-refractivity contribution < 1.29 is 4.74 Å². The van der Waals surface area contributed by atoms with Crippen molar-refractivity contribution in [2.45, 2.75) is 39.7 Å². The van der Waals surface area contributed by atoms with Crippen LogP contribution < -0.4 is 4.74 Å². The minimum Gasteiger partial charge on any atom is -0.494 e. The van der Waals surface area contributed by atoms with E-state index < -0.39 is 0 Å². The molecule has 0 radical (unpaired) electrons. The summed E-state index contributed by atoms with van der Waals surface area (Å²) in [6.07, 6.45) is 2.36. The molecule has 2 rings (SSSR count). The number of hydrogen-bond donors (Lipinski definition) is 0. The number of nitriles is 1. The number of ether oxygens (including phenoxy) is 1. The topological polar surface area (TPSA) is 50.8 Å². The van der Waals surface area contributed by atoms with Crippen molar-refractivity contribution in [2.75, 3.05) is 6.61 Å². The fourth-order valence-corrected chi connectivity index (χ4v) is 2.15. The van der Waals surface area contributed by atoms with Crippen molar-refractivity contribution in [2.24, 2.45) is 0 Å². The average molecular weight is 257 g/mol. The Morgan fingerprint density at radius 1 is 1.32 bits per heavy atom. The molecule has 0 N–H and O–H groups in total. The van der Waals surface area contributed by atoms with Crippen LogP contribution in [0.4, 0.5) is 0 Å². The van der Waals surface area contributed by atoms with Crippen LogP contribution in [0.1, 0.15) is 32.5 Å². The summed E-state index contributed by atoms with van der Waals surface area (Å²) in [6.45, 7) is 5.81. The maximum Gasteiger partial charge on any atom is 0.124 e. The standard InChI is InChI=1S/C15H19N3O/c1-3-9-18-14-6-5-12(19-10-4-2)11-13(14)17-15(18)7-8-16/h5-6,11H,3-4,7,9-10H2,1-2H3. The van der Waals surface area contributed by atoms with Gasteiger partial charge in [-0.2, -0.15) is 5.26 Å². The van der Waals surface area contributed by atoms with Crippen molar-refractivity contribution in [3.63, 3.8) is 0 Å². The maximum atomic E-state index is 8.88. The fraction of sp³-hybridized carbons (Fsp3) is 0.467. The normalized spacial score (nSPS) is 10.6. The third kappa shape index (κ3) is 2.87. The van der Waals surface area contributed by atoms with Crippen LogP contribution in [0, 0.1) is 11.3 Å². The highest BCUT2D eigenvalue weighted by Crippen LogP contribution is 2.22. The predicted octanol–water partition coefficient (Wildman–Crippen LogP) is 3.30. The van der Waals surface area contributed by atoms with Gasteiger partial charge in [-0.25, -0.2) is 4.98 Å². The van der Waals surface area contributed by atoms with Gasteiger partial charge in [0, 0.05) is 12.6 Å². The van der Waals surface area contributed by atoms with E-state index in [0.29, 0.717) is 13.0 Å². The molecule has 1 heterocycles. The zero-order valence-corrected chi connectivity index (χ0v) is 11.5. The molecule has 1 aromatic carbocycles. The molecule has 0 unspecified atom stereocenters. The fourth-order valence-electron chi connectivity index (χ4n) is 2.15. The van der Waals surface area contributed by atoms with Crippen molar-refractivity contribution in [3.8, 4) is 11.8 Å². The van der Waals surface area contributed by atoms with Gasteiger partial charge in [0.1, 0.15) is 11.6 Å². The van der Waals surface area contributed by atoms with E-state index in [-0.39, 0.29) is 0 Å². The van der Waals surface area contributed by atoms with Crippen LogP contribution in [0.25, 0.3) is 11.0 Å². The first-order valence-electron chi connectivity index (χ1n) is 6.79. The van der Waals surface area contributed by atoms with Gasteiger partial charge < -0.3 is 9.30 Å². The lowest BCUT2D eigenvalue weighted by atomic mass is 10.3. The quantitative estimate of drug-likeness (QED) is 0.797. The monoisotopic (exact) mass is 257 g/mol. The Morgan fingerprint density at radius 3 is 2.84 bits per heavy atom. The smallest absolute Gasteiger partial charge is 0.124 e. The minimum atomic E-state index is 0.347. The molecule has 0 saturated carbocycles. The Balaban J connectivity index is 2.40. The first-order chi connectivity index (χ1) is 9.30. The molecule has 0 atom stereocenters. The van der Waals surface area contributed by atoms with Gasteiger partial charge in [-0.05, 0) is 25.0 Å². The Hall–Kier alpha value is -2.02. The van der Waals surface area contributed by atoms with Crippen LogP contribution >= 0.6 is 0 Å². The zero-order chi connectivity index (χ0) is 13.7. The van der Waals surface area contributed by atoms with Gasteiger partial charge in [-0.1, -0.05) is 13.8 Å². The molecule has 4 nitrogen and oxygen atoms in total. The van der Waals surface area contributed by atoms with E-state index >= 15 is 0 Å². The third-order valence-corrected chi connectivity index (χ3v) is 2.96. The summed E-state index contributed by atoms with van der Waals surface area (Å²) >= 11 is 0. The lowest BCUT2D eigenvalue weighted by molar-refractivity contribution is 0.318.